The van der Waals surface area contributed by atoms with Crippen LogP contribution in [0.2, 0.25) is 104 Å². The van der Waals surface area contributed by atoms with E-state index in [0.29, 0.717) is 18.0 Å². The van der Waals surface area contributed by atoms with E-state index in [9.17, 15) is 4.79 Å². The number of carbonyl (C=O) groups is 1. The molecule has 8 nitrogen and oxygen atoms in total. The Bertz CT molecular complexity index is 703. The van der Waals surface area contributed by atoms with E-state index in [1.165, 1.54) is 0 Å². The van der Waals surface area contributed by atoms with Gasteiger partial charge in [-0.15, -0.1) is 0 Å². The molecule has 15 heteroatoms. The predicted molar refractivity (Wildman–Crippen MR) is 170 cm³/mol. The summed E-state index contributed by atoms with van der Waals surface area (Å²) < 4.78 is 46.8. The minimum Gasteiger partial charge on any atom is -0.462 e. The average molecular weight is 645 g/mol. The van der Waals surface area contributed by atoms with Crippen molar-refractivity contribution >= 4 is 65.4 Å². The summed E-state index contributed by atoms with van der Waals surface area (Å²) >= 11 is 0. The van der Waals surface area contributed by atoms with Gasteiger partial charge in [-0.1, -0.05) is 6.58 Å². The van der Waals surface area contributed by atoms with Crippen LogP contribution in [0.5, 0.6) is 0 Å². The molecular formula is C22H56O8Si7. The minimum absolute atomic E-state index is 0.223. The first-order chi connectivity index (χ1) is 16.1. The topological polar surface area (TPSA) is 81.7 Å². The van der Waals surface area contributed by atoms with E-state index in [2.05, 4.69) is 105 Å². The predicted octanol–water partition coefficient (Wildman–Crippen LogP) is 7.14. The molecule has 0 atom stereocenters. The number of rotatable bonds is 17. The van der Waals surface area contributed by atoms with Crippen LogP contribution in [-0.2, 0) is 34.2 Å². The van der Waals surface area contributed by atoms with E-state index < -0.39 is 65.4 Å². The number of ether oxygens (including phenoxy) is 1. The summed E-state index contributed by atoms with van der Waals surface area (Å²) in [5.41, 5.74) is 0.374. The third-order valence-electron chi connectivity index (χ3n) is 3.71. The molecule has 0 fully saturated rings. The first-order valence-corrected chi connectivity index (χ1v) is 33.7. The van der Waals surface area contributed by atoms with Gasteiger partial charge in [0.1, 0.15) is 0 Å². The Kier molecular flexibility index (Phi) is 13.6. The quantitative estimate of drug-likeness (QED) is 0.0715. The largest absolute Gasteiger partial charge is 0.640 e. The zero-order valence-corrected chi connectivity index (χ0v) is 33.6. The third-order valence-corrected chi connectivity index (χ3v) is 24.7. The molecule has 0 aromatic carbocycles. The van der Waals surface area contributed by atoms with Crippen molar-refractivity contribution in [2.45, 2.75) is 118 Å². The molecule has 37 heavy (non-hydrogen) atoms. The fourth-order valence-electron chi connectivity index (χ4n) is 3.17. The van der Waals surface area contributed by atoms with Crippen LogP contribution in [0.15, 0.2) is 12.2 Å². The number of esters is 1. The van der Waals surface area contributed by atoms with Crippen molar-refractivity contribution in [2.24, 2.45) is 0 Å². The van der Waals surface area contributed by atoms with Gasteiger partial charge in [0.2, 0.25) is 0 Å². The molecule has 0 aromatic rings. The summed E-state index contributed by atoms with van der Waals surface area (Å²) in [5.74, 6) is -0.402. The van der Waals surface area contributed by atoms with Crippen molar-refractivity contribution < 1.29 is 34.2 Å². The maximum atomic E-state index is 12.0. The van der Waals surface area contributed by atoms with Gasteiger partial charge in [-0.05, 0) is 112 Å². The molecule has 0 N–H and O–H groups in total. The Morgan fingerprint density at radius 1 is 0.568 bits per heavy atom. The second-order valence-corrected chi connectivity index (χ2v) is 43.3. The van der Waals surface area contributed by atoms with Gasteiger partial charge in [-0.3, -0.25) is 0 Å². The van der Waals surface area contributed by atoms with Crippen molar-refractivity contribution in [1.29, 1.82) is 0 Å². The Morgan fingerprint density at radius 3 is 1.16 bits per heavy atom. The summed E-state index contributed by atoms with van der Waals surface area (Å²) in [7, 11) is -18.1. The SMILES string of the molecule is C=C(C)C(=O)OCCC[Si](O[Si](C)(C)C)(O[Si](C)(C)C)O[Si](O[Si](C)(C)C)(O[Si](C)(C)C)O[Si](C)(C)C. The molecule has 220 valence electrons. The molecular weight excluding hydrogens is 589 g/mol. The third kappa shape index (κ3) is 18.5. The number of hydrogen-bond acceptors (Lipinski definition) is 8. The lowest BCUT2D eigenvalue weighted by Gasteiger charge is -2.47. The van der Waals surface area contributed by atoms with Crippen molar-refractivity contribution in [1.82, 2.24) is 0 Å². The van der Waals surface area contributed by atoms with Crippen LogP contribution in [0.4, 0.5) is 0 Å². The highest BCUT2D eigenvalue weighted by molar-refractivity contribution is 6.93. The van der Waals surface area contributed by atoms with Gasteiger partial charge in [0.15, 0.2) is 41.6 Å². The summed E-state index contributed by atoms with van der Waals surface area (Å²) in [5, 5.41) is 0. The highest BCUT2D eigenvalue weighted by Crippen LogP contribution is 2.35. The molecule has 0 bridgehead atoms. The Morgan fingerprint density at radius 2 is 0.892 bits per heavy atom. The van der Waals surface area contributed by atoms with Crippen LogP contribution < -0.4 is 0 Å². The molecule has 0 saturated heterocycles. The second kappa shape index (κ2) is 13.4. The maximum absolute atomic E-state index is 12.0. The van der Waals surface area contributed by atoms with Gasteiger partial charge in [-0.2, -0.15) is 0 Å². The van der Waals surface area contributed by atoms with Crippen LogP contribution in [0.3, 0.4) is 0 Å². The van der Waals surface area contributed by atoms with Crippen LogP contribution in [-0.4, -0.2) is 72.0 Å². The van der Waals surface area contributed by atoms with Gasteiger partial charge in [0.25, 0.3) is 0 Å². The molecule has 0 rings (SSSR count). The van der Waals surface area contributed by atoms with E-state index in [4.69, 9.17) is 29.4 Å². The van der Waals surface area contributed by atoms with E-state index in [1.54, 1.807) is 6.92 Å². The second-order valence-electron chi connectivity index (χ2n) is 14.4. The fourth-order valence-corrected chi connectivity index (χ4v) is 27.8. The van der Waals surface area contributed by atoms with Gasteiger partial charge in [0, 0.05) is 11.6 Å². The van der Waals surface area contributed by atoms with Crippen molar-refractivity contribution in [3.8, 4) is 0 Å². The molecule has 0 radical (unpaired) electrons. The molecule has 0 aliphatic rings. The highest BCUT2D eigenvalue weighted by Gasteiger charge is 2.62. The van der Waals surface area contributed by atoms with E-state index in [1.807, 2.05) is 0 Å². The van der Waals surface area contributed by atoms with Crippen LogP contribution in [0, 0.1) is 0 Å². The molecule has 0 amide bonds. The molecule has 0 unspecified atom stereocenters. The van der Waals surface area contributed by atoms with Gasteiger partial charge >= 0.3 is 23.8 Å². The highest BCUT2D eigenvalue weighted by atomic mass is 28.6. The molecule has 0 aliphatic carbocycles. The van der Waals surface area contributed by atoms with Crippen LogP contribution in [0.1, 0.15) is 13.3 Å². The first-order valence-electron chi connectivity index (χ1n) is 13.1. The van der Waals surface area contributed by atoms with Crippen LogP contribution in [0.25, 0.3) is 0 Å². The molecule has 0 spiro atoms. The summed E-state index contributed by atoms with van der Waals surface area (Å²) in [6, 6.07) is 0.471. The maximum Gasteiger partial charge on any atom is 0.640 e. The van der Waals surface area contributed by atoms with Gasteiger partial charge in [-0.25, -0.2) is 4.79 Å². The van der Waals surface area contributed by atoms with Crippen molar-refractivity contribution in [3.63, 3.8) is 0 Å². The van der Waals surface area contributed by atoms with E-state index in [-0.39, 0.29) is 6.61 Å². The normalized spacial score (nSPS) is 14.6. The first kappa shape index (κ1) is 37.5. The Balaban J connectivity index is 6.82. The van der Waals surface area contributed by atoms with E-state index >= 15 is 0 Å². The molecule has 0 aliphatic heterocycles. The van der Waals surface area contributed by atoms with Crippen molar-refractivity contribution in [3.05, 3.63) is 12.2 Å². The van der Waals surface area contributed by atoms with Crippen LogP contribution >= 0.6 is 0 Å². The smallest absolute Gasteiger partial charge is 0.462 e. The Hall–Kier alpha value is 0.488. The Labute approximate surface area is 235 Å². The summed E-state index contributed by atoms with van der Waals surface area (Å²) in [4.78, 5) is 12.0. The zero-order chi connectivity index (χ0) is 29.7. The monoisotopic (exact) mass is 644 g/mol. The minimum atomic E-state index is -3.72. The molecule has 0 aromatic heterocycles. The van der Waals surface area contributed by atoms with Gasteiger partial charge in [0.05, 0.1) is 6.61 Å². The summed E-state index contributed by atoms with van der Waals surface area (Å²) in [6.07, 6.45) is 0.525. The van der Waals surface area contributed by atoms with Gasteiger partial charge < -0.3 is 29.4 Å². The lowest BCUT2D eigenvalue weighted by atomic mass is 10.4. The number of carbonyl (C=O) groups excluding carboxylic acids is 1. The average Bonchev–Trinajstić information content (AvgIpc) is 2.49. The van der Waals surface area contributed by atoms with E-state index in [0.717, 1.165) is 0 Å². The lowest BCUT2D eigenvalue weighted by Crippen LogP contribution is -2.70. The molecule has 0 saturated carbocycles. The lowest BCUT2D eigenvalue weighted by molar-refractivity contribution is -0.139. The fraction of sp³-hybridized carbons (Fsp3) is 0.864. The zero-order valence-electron chi connectivity index (χ0n) is 26.6. The number of hydrogen-bond donors (Lipinski definition) is 0. The standard InChI is InChI=1S/C22H56O8Si7/c1-21(2)22(23)24-19-18-20-36(25-31(3,4)5,26-32(6,7)8)30-37(27-33(9,10)11,28-34(12,13)14)29-35(15,16)17/h1,18-20H2,2-17H3. The molecule has 0 heterocycles. The summed E-state index contributed by atoms with van der Waals surface area (Å²) in [6.45, 7) is 37.4. The van der Waals surface area contributed by atoms with Crippen molar-refractivity contribution in [2.75, 3.05) is 6.61 Å².